The van der Waals surface area contributed by atoms with Crippen LogP contribution in [-0.2, 0) is 11.3 Å². The number of benzene rings is 2. The molecule has 1 aliphatic rings. The Balaban J connectivity index is 1.49. The number of para-hydroxylation sites is 1. The molecule has 3 aromatic rings. The van der Waals surface area contributed by atoms with Crippen LogP contribution < -0.4 is 10.5 Å². The van der Waals surface area contributed by atoms with E-state index in [-0.39, 0.29) is 11.8 Å². The van der Waals surface area contributed by atoms with Gasteiger partial charge < -0.3 is 15.4 Å². The lowest BCUT2D eigenvalue weighted by Crippen LogP contribution is -2.27. The van der Waals surface area contributed by atoms with Crippen molar-refractivity contribution in [2.75, 3.05) is 13.1 Å². The van der Waals surface area contributed by atoms with Crippen molar-refractivity contribution in [3.05, 3.63) is 66.4 Å². The number of nitrogens with two attached hydrogens (primary N) is 1. The fourth-order valence-corrected chi connectivity index (χ4v) is 3.83. The molecule has 162 valence electrons. The van der Waals surface area contributed by atoms with Gasteiger partial charge in [0.05, 0.1) is 5.56 Å². The molecule has 1 aliphatic heterocycles. The molecule has 1 fully saturated rings. The summed E-state index contributed by atoms with van der Waals surface area (Å²) in [6.45, 7) is 3.55. The molecule has 1 aromatic heterocycles. The van der Waals surface area contributed by atoms with Crippen molar-refractivity contribution in [1.82, 2.24) is 14.7 Å². The first kappa shape index (κ1) is 21.2. The van der Waals surface area contributed by atoms with Gasteiger partial charge in [-0.05, 0) is 61.6 Å². The minimum absolute atomic E-state index is 0.146. The van der Waals surface area contributed by atoms with E-state index in [1.807, 2.05) is 54.6 Å². The molecule has 4 rings (SSSR count). The molecule has 0 aliphatic carbocycles. The standard InChI is InChI=1S/C25H24N4O3/c1-2-6-23(30)28-14-13-18(15-28)16-29-17-22(25(26)31)24(27-29)19-9-11-21(12-10-19)32-20-7-4-3-5-8-20/h3-5,7-12,17-18H,13-16H2,1H3,(H2,26,31). The van der Waals surface area contributed by atoms with Crippen LogP contribution in [0.15, 0.2) is 60.8 Å². The molecule has 0 radical (unpaired) electrons. The van der Waals surface area contributed by atoms with Gasteiger partial charge >= 0.3 is 0 Å². The summed E-state index contributed by atoms with van der Waals surface area (Å²) in [5, 5.41) is 4.63. The van der Waals surface area contributed by atoms with Crippen LogP contribution in [0.4, 0.5) is 0 Å². The number of primary amides is 1. The van der Waals surface area contributed by atoms with Crippen molar-refractivity contribution in [2.45, 2.75) is 19.9 Å². The van der Waals surface area contributed by atoms with Gasteiger partial charge in [-0.3, -0.25) is 14.3 Å². The minimum Gasteiger partial charge on any atom is -0.457 e. The molecule has 7 heteroatoms. The molecule has 7 nitrogen and oxygen atoms in total. The second-order valence-corrected chi connectivity index (χ2v) is 7.70. The van der Waals surface area contributed by atoms with E-state index >= 15 is 0 Å². The molecule has 32 heavy (non-hydrogen) atoms. The monoisotopic (exact) mass is 428 g/mol. The zero-order valence-electron chi connectivity index (χ0n) is 17.8. The molecule has 0 saturated carbocycles. The van der Waals surface area contributed by atoms with E-state index in [2.05, 4.69) is 16.9 Å². The third-order valence-electron chi connectivity index (χ3n) is 5.38. The van der Waals surface area contributed by atoms with Gasteiger partial charge in [-0.15, -0.1) is 0 Å². The zero-order valence-corrected chi connectivity index (χ0v) is 17.8. The van der Waals surface area contributed by atoms with Crippen molar-refractivity contribution < 1.29 is 14.3 Å². The number of hydrogen-bond donors (Lipinski definition) is 1. The van der Waals surface area contributed by atoms with Crippen LogP contribution >= 0.6 is 0 Å². The van der Waals surface area contributed by atoms with Gasteiger partial charge in [0.15, 0.2) is 0 Å². The lowest BCUT2D eigenvalue weighted by Gasteiger charge is -2.13. The molecule has 1 atom stereocenters. The summed E-state index contributed by atoms with van der Waals surface area (Å²) < 4.78 is 7.57. The molecular weight excluding hydrogens is 404 g/mol. The number of aromatic nitrogens is 2. The molecule has 2 heterocycles. The highest BCUT2D eigenvalue weighted by atomic mass is 16.5. The lowest BCUT2D eigenvalue weighted by atomic mass is 10.1. The number of ether oxygens (including phenoxy) is 1. The van der Waals surface area contributed by atoms with E-state index in [1.165, 1.54) is 0 Å². The van der Waals surface area contributed by atoms with Crippen LogP contribution in [0.2, 0.25) is 0 Å². The van der Waals surface area contributed by atoms with Crippen molar-refractivity contribution in [3.8, 4) is 34.6 Å². The number of rotatable bonds is 6. The summed E-state index contributed by atoms with van der Waals surface area (Å²) >= 11 is 0. The first-order chi connectivity index (χ1) is 15.5. The maximum atomic E-state index is 12.0. The van der Waals surface area contributed by atoms with E-state index < -0.39 is 5.91 Å². The Labute approximate surface area is 186 Å². The summed E-state index contributed by atoms with van der Waals surface area (Å²) in [5.74, 6) is 6.23. The van der Waals surface area contributed by atoms with Crippen molar-refractivity contribution in [2.24, 2.45) is 11.7 Å². The Morgan fingerprint density at radius 2 is 1.84 bits per heavy atom. The summed E-state index contributed by atoms with van der Waals surface area (Å²) in [7, 11) is 0. The maximum Gasteiger partial charge on any atom is 0.298 e. The van der Waals surface area contributed by atoms with Crippen LogP contribution in [-0.4, -0.2) is 39.6 Å². The summed E-state index contributed by atoms with van der Waals surface area (Å²) in [5.41, 5.74) is 7.29. The maximum absolute atomic E-state index is 12.0. The highest BCUT2D eigenvalue weighted by molar-refractivity contribution is 5.98. The number of nitrogens with zero attached hydrogens (tertiary/aromatic N) is 3. The Morgan fingerprint density at radius 3 is 2.53 bits per heavy atom. The number of carbonyl (C=O) groups excluding carboxylic acids is 2. The molecule has 0 spiro atoms. The van der Waals surface area contributed by atoms with Gasteiger partial charge in [0, 0.05) is 31.4 Å². The molecular formula is C25H24N4O3. The third-order valence-corrected chi connectivity index (χ3v) is 5.38. The van der Waals surface area contributed by atoms with Crippen LogP contribution in [0.3, 0.4) is 0 Å². The molecule has 2 aromatic carbocycles. The second kappa shape index (κ2) is 9.40. The highest BCUT2D eigenvalue weighted by Crippen LogP contribution is 2.28. The first-order valence-corrected chi connectivity index (χ1v) is 10.5. The smallest absolute Gasteiger partial charge is 0.298 e. The average Bonchev–Trinajstić information content (AvgIpc) is 3.43. The SMILES string of the molecule is CC#CC(=O)N1CCC(Cn2cc(C(N)=O)c(-c3ccc(Oc4ccccc4)cc3)n2)C1. The number of amides is 2. The largest absolute Gasteiger partial charge is 0.457 e. The predicted octanol–water partition coefficient (Wildman–Crippen LogP) is 3.31. The summed E-state index contributed by atoms with van der Waals surface area (Å²) in [6.07, 6.45) is 2.55. The van der Waals surface area contributed by atoms with Gasteiger partial charge in [-0.2, -0.15) is 5.10 Å². The quantitative estimate of drug-likeness (QED) is 0.610. The normalized spacial score (nSPS) is 15.2. The fraction of sp³-hybridized carbons (Fsp3) is 0.240. The number of hydrogen-bond acceptors (Lipinski definition) is 4. The highest BCUT2D eigenvalue weighted by Gasteiger charge is 2.26. The Hall–Kier alpha value is -4.05. The van der Waals surface area contributed by atoms with Gasteiger partial charge in [-0.1, -0.05) is 24.1 Å². The van der Waals surface area contributed by atoms with Gasteiger partial charge in [0.1, 0.15) is 17.2 Å². The van der Waals surface area contributed by atoms with E-state index in [9.17, 15) is 9.59 Å². The summed E-state index contributed by atoms with van der Waals surface area (Å²) in [4.78, 5) is 25.8. The van der Waals surface area contributed by atoms with E-state index in [1.54, 1.807) is 22.7 Å². The number of carbonyl (C=O) groups is 2. The summed E-state index contributed by atoms with van der Waals surface area (Å²) in [6, 6.07) is 16.9. The Kier molecular flexibility index (Phi) is 6.22. The minimum atomic E-state index is -0.530. The third kappa shape index (κ3) is 4.81. The number of likely N-dealkylation sites (tertiary alicyclic amines) is 1. The van der Waals surface area contributed by atoms with Crippen molar-refractivity contribution in [3.63, 3.8) is 0 Å². The zero-order chi connectivity index (χ0) is 22.5. The molecule has 2 N–H and O–H groups in total. The van der Waals surface area contributed by atoms with Gasteiger partial charge in [-0.25, -0.2) is 0 Å². The topological polar surface area (TPSA) is 90.5 Å². The van der Waals surface area contributed by atoms with Crippen molar-refractivity contribution >= 4 is 11.8 Å². The van der Waals surface area contributed by atoms with Gasteiger partial charge in [0.25, 0.3) is 11.8 Å². The van der Waals surface area contributed by atoms with E-state index in [0.29, 0.717) is 36.6 Å². The molecule has 1 saturated heterocycles. The Bertz CT molecular complexity index is 1170. The molecule has 0 bridgehead atoms. The van der Waals surface area contributed by atoms with Crippen molar-refractivity contribution in [1.29, 1.82) is 0 Å². The second-order valence-electron chi connectivity index (χ2n) is 7.70. The van der Waals surface area contributed by atoms with E-state index in [0.717, 1.165) is 17.7 Å². The first-order valence-electron chi connectivity index (χ1n) is 10.5. The average molecular weight is 428 g/mol. The fourth-order valence-electron chi connectivity index (χ4n) is 3.83. The Morgan fingerprint density at radius 1 is 1.12 bits per heavy atom. The van der Waals surface area contributed by atoms with Crippen LogP contribution in [0.5, 0.6) is 11.5 Å². The molecule has 2 amide bonds. The van der Waals surface area contributed by atoms with Crippen LogP contribution in [0.25, 0.3) is 11.3 Å². The lowest BCUT2D eigenvalue weighted by molar-refractivity contribution is -0.124. The van der Waals surface area contributed by atoms with Crippen LogP contribution in [0.1, 0.15) is 23.7 Å². The predicted molar refractivity (Wildman–Crippen MR) is 121 cm³/mol. The molecule has 1 unspecified atom stereocenters. The van der Waals surface area contributed by atoms with Gasteiger partial charge in [0.2, 0.25) is 0 Å². The van der Waals surface area contributed by atoms with E-state index in [4.69, 9.17) is 10.5 Å². The van der Waals surface area contributed by atoms with Crippen LogP contribution in [0, 0.1) is 17.8 Å².